The first-order valence-corrected chi connectivity index (χ1v) is 5.90. The molecule has 18 heavy (non-hydrogen) atoms. The quantitative estimate of drug-likeness (QED) is 0.758. The lowest BCUT2D eigenvalue weighted by molar-refractivity contribution is 0.742. The van der Waals surface area contributed by atoms with Crippen molar-refractivity contribution in [2.45, 2.75) is 13.1 Å². The Hall–Kier alpha value is -2.20. The van der Waals surface area contributed by atoms with E-state index >= 15 is 0 Å². The number of nitrogens with zero attached hydrogens (tertiary/aromatic N) is 3. The first-order valence-electron chi connectivity index (χ1n) is 5.90. The number of benzene rings is 1. The second-order valence-electron chi connectivity index (χ2n) is 4.21. The van der Waals surface area contributed by atoms with Crippen LogP contribution in [0.25, 0.3) is 10.9 Å². The number of aromatic nitrogens is 3. The average Bonchev–Trinajstić information content (AvgIpc) is 2.86. The normalized spacial score (nSPS) is 10.9. The highest BCUT2D eigenvalue weighted by Crippen LogP contribution is 2.17. The number of hydrogen-bond donors (Lipinski definition) is 1. The summed E-state index contributed by atoms with van der Waals surface area (Å²) in [5, 5.41) is 1.16. The largest absolute Gasteiger partial charge is 0.329 e. The number of fused-ring (bicyclic) bond motifs is 1. The molecule has 90 valence electrons. The molecule has 0 amide bonds. The average molecular weight is 238 g/mol. The van der Waals surface area contributed by atoms with Crippen molar-refractivity contribution >= 4 is 10.9 Å². The van der Waals surface area contributed by atoms with Gasteiger partial charge in [-0.3, -0.25) is 4.98 Å². The van der Waals surface area contributed by atoms with E-state index in [0.717, 1.165) is 23.1 Å². The summed E-state index contributed by atoms with van der Waals surface area (Å²) < 4.78 is 2.06. The highest BCUT2D eigenvalue weighted by atomic mass is 15.1. The van der Waals surface area contributed by atoms with E-state index in [1.165, 1.54) is 5.56 Å². The van der Waals surface area contributed by atoms with E-state index in [1.807, 2.05) is 18.6 Å². The van der Waals surface area contributed by atoms with Crippen molar-refractivity contribution in [2.75, 3.05) is 0 Å². The molecule has 2 N–H and O–H groups in total. The molecule has 4 heteroatoms. The molecule has 0 saturated heterocycles. The third kappa shape index (κ3) is 1.87. The Bertz CT molecular complexity index is 667. The minimum atomic E-state index is 0.498. The van der Waals surface area contributed by atoms with Crippen LogP contribution >= 0.6 is 0 Å². The zero-order chi connectivity index (χ0) is 12.4. The molecule has 3 aromatic rings. The summed E-state index contributed by atoms with van der Waals surface area (Å²) in [5.41, 5.74) is 8.94. The molecule has 0 atom stereocenters. The van der Waals surface area contributed by atoms with E-state index in [2.05, 4.69) is 38.8 Å². The van der Waals surface area contributed by atoms with Gasteiger partial charge in [-0.05, 0) is 11.6 Å². The molecule has 2 heterocycles. The molecule has 0 bridgehead atoms. The highest BCUT2D eigenvalue weighted by Gasteiger charge is 2.05. The number of imidazole rings is 1. The Morgan fingerprint density at radius 2 is 2.06 bits per heavy atom. The molecule has 0 aliphatic rings. The van der Waals surface area contributed by atoms with E-state index in [-0.39, 0.29) is 0 Å². The van der Waals surface area contributed by atoms with E-state index in [4.69, 9.17) is 5.73 Å². The van der Waals surface area contributed by atoms with Crippen LogP contribution in [0.3, 0.4) is 0 Å². The Kier molecular flexibility index (Phi) is 2.78. The topological polar surface area (TPSA) is 56.7 Å². The molecule has 0 saturated carbocycles. The Morgan fingerprint density at radius 1 is 1.17 bits per heavy atom. The Balaban J connectivity index is 2.05. The molecule has 0 radical (unpaired) electrons. The van der Waals surface area contributed by atoms with E-state index in [0.29, 0.717) is 6.54 Å². The van der Waals surface area contributed by atoms with Crippen molar-refractivity contribution in [1.29, 1.82) is 0 Å². The van der Waals surface area contributed by atoms with Gasteiger partial charge in [0.05, 0.1) is 24.1 Å². The number of para-hydroxylation sites is 1. The van der Waals surface area contributed by atoms with Gasteiger partial charge in [-0.2, -0.15) is 0 Å². The van der Waals surface area contributed by atoms with Crippen LogP contribution in [0.5, 0.6) is 0 Å². The van der Waals surface area contributed by atoms with Gasteiger partial charge in [0.25, 0.3) is 0 Å². The van der Waals surface area contributed by atoms with Crippen molar-refractivity contribution < 1.29 is 0 Å². The number of nitrogens with two attached hydrogens (primary N) is 1. The fraction of sp³-hybridized carbons (Fsp3) is 0.143. The van der Waals surface area contributed by atoms with Gasteiger partial charge < -0.3 is 10.3 Å². The molecule has 3 rings (SSSR count). The molecule has 0 fully saturated rings. The minimum Gasteiger partial charge on any atom is -0.329 e. The van der Waals surface area contributed by atoms with Gasteiger partial charge in [0.15, 0.2) is 0 Å². The van der Waals surface area contributed by atoms with Crippen LogP contribution < -0.4 is 5.73 Å². The first-order chi connectivity index (χ1) is 8.88. The van der Waals surface area contributed by atoms with Gasteiger partial charge >= 0.3 is 0 Å². The van der Waals surface area contributed by atoms with E-state index in [9.17, 15) is 0 Å². The number of hydrogen-bond acceptors (Lipinski definition) is 3. The first kappa shape index (κ1) is 10.9. The smallest absolute Gasteiger partial charge is 0.0951 e. The molecular formula is C14H14N4. The predicted octanol–water partition coefficient (Wildman–Crippen LogP) is 1.94. The fourth-order valence-electron chi connectivity index (χ4n) is 2.14. The van der Waals surface area contributed by atoms with Crippen LogP contribution in [0.4, 0.5) is 0 Å². The number of pyridine rings is 1. The van der Waals surface area contributed by atoms with Crippen LogP contribution in [0.1, 0.15) is 11.3 Å². The van der Waals surface area contributed by atoms with E-state index < -0.39 is 0 Å². The van der Waals surface area contributed by atoms with Gasteiger partial charge in [-0.1, -0.05) is 24.3 Å². The second-order valence-corrected chi connectivity index (χ2v) is 4.21. The SMILES string of the molecule is NCc1cncn1Cc1cccc2cccnc12. The maximum atomic E-state index is 5.68. The third-order valence-corrected chi connectivity index (χ3v) is 3.06. The molecule has 0 unspecified atom stereocenters. The van der Waals surface area contributed by atoms with Crippen molar-refractivity contribution in [3.63, 3.8) is 0 Å². The second kappa shape index (κ2) is 4.58. The molecular weight excluding hydrogens is 224 g/mol. The summed E-state index contributed by atoms with van der Waals surface area (Å²) in [6.07, 6.45) is 5.44. The van der Waals surface area contributed by atoms with Gasteiger partial charge in [-0.25, -0.2) is 4.98 Å². The molecule has 2 aromatic heterocycles. The summed E-state index contributed by atoms with van der Waals surface area (Å²) in [5.74, 6) is 0. The lowest BCUT2D eigenvalue weighted by Gasteiger charge is -2.09. The third-order valence-electron chi connectivity index (χ3n) is 3.06. The number of rotatable bonds is 3. The standard InChI is InChI=1S/C14H14N4/c15-7-13-8-16-10-18(13)9-12-4-1-3-11-5-2-6-17-14(11)12/h1-6,8,10H,7,9,15H2. The molecule has 4 nitrogen and oxygen atoms in total. The molecule has 0 spiro atoms. The lowest BCUT2D eigenvalue weighted by atomic mass is 10.1. The predicted molar refractivity (Wildman–Crippen MR) is 71.0 cm³/mol. The molecule has 0 aliphatic heterocycles. The van der Waals surface area contributed by atoms with Crippen LogP contribution in [-0.2, 0) is 13.1 Å². The maximum Gasteiger partial charge on any atom is 0.0951 e. The minimum absolute atomic E-state index is 0.498. The molecule has 1 aromatic carbocycles. The summed E-state index contributed by atoms with van der Waals surface area (Å²) in [4.78, 5) is 8.58. The molecule has 0 aliphatic carbocycles. The summed E-state index contributed by atoms with van der Waals surface area (Å²) >= 11 is 0. The van der Waals surface area contributed by atoms with Crippen LogP contribution in [-0.4, -0.2) is 14.5 Å². The van der Waals surface area contributed by atoms with E-state index in [1.54, 1.807) is 6.20 Å². The van der Waals surface area contributed by atoms with Crippen molar-refractivity contribution in [2.24, 2.45) is 5.73 Å². The Labute approximate surface area is 105 Å². The summed E-state index contributed by atoms with van der Waals surface area (Å²) in [6.45, 7) is 1.25. The monoisotopic (exact) mass is 238 g/mol. The lowest BCUT2D eigenvalue weighted by Crippen LogP contribution is -2.07. The zero-order valence-electron chi connectivity index (χ0n) is 9.95. The van der Waals surface area contributed by atoms with Crippen LogP contribution in [0, 0.1) is 0 Å². The van der Waals surface area contributed by atoms with Gasteiger partial charge in [0.1, 0.15) is 0 Å². The van der Waals surface area contributed by atoms with Crippen molar-refractivity contribution in [3.8, 4) is 0 Å². The summed E-state index contributed by atoms with van der Waals surface area (Å²) in [6, 6.07) is 10.2. The highest BCUT2D eigenvalue weighted by molar-refractivity contribution is 5.81. The fourth-order valence-corrected chi connectivity index (χ4v) is 2.14. The Morgan fingerprint density at radius 3 is 2.94 bits per heavy atom. The van der Waals surface area contributed by atoms with Gasteiger partial charge in [-0.15, -0.1) is 0 Å². The van der Waals surface area contributed by atoms with Gasteiger partial charge in [0.2, 0.25) is 0 Å². The zero-order valence-corrected chi connectivity index (χ0v) is 9.95. The summed E-state index contributed by atoms with van der Waals surface area (Å²) in [7, 11) is 0. The van der Waals surface area contributed by atoms with Crippen molar-refractivity contribution in [3.05, 3.63) is 60.3 Å². The van der Waals surface area contributed by atoms with Gasteiger partial charge in [0, 0.05) is 24.3 Å². The van der Waals surface area contributed by atoms with Crippen LogP contribution in [0.15, 0.2) is 49.1 Å². The van der Waals surface area contributed by atoms with Crippen molar-refractivity contribution in [1.82, 2.24) is 14.5 Å². The maximum absolute atomic E-state index is 5.68. The van der Waals surface area contributed by atoms with Crippen LogP contribution in [0.2, 0.25) is 0 Å².